The number of nitrogens with one attached hydrogen (secondary N) is 2. The fourth-order valence-corrected chi connectivity index (χ4v) is 2.28. The van der Waals surface area contributed by atoms with Gasteiger partial charge < -0.3 is 14.8 Å². The zero-order valence-electron chi connectivity index (χ0n) is 14.7. The molecular formula is C19H19ClN2O5. The lowest BCUT2D eigenvalue weighted by Crippen LogP contribution is -2.28. The fourth-order valence-electron chi connectivity index (χ4n) is 2.08. The maximum Gasteiger partial charge on any atom is 0.411 e. The summed E-state index contributed by atoms with van der Waals surface area (Å²) in [5.74, 6) is -1.09. The van der Waals surface area contributed by atoms with Crippen molar-refractivity contribution >= 4 is 35.3 Å². The van der Waals surface area contributed by atoms with Gasteiger partial charge >= 0.3 is 12.1 Å². The quantitative estimate of drug-likeness (QED) is 0.707. The van der Waals surface area contributed by atoms with Crippen LogP contribution in [0.3, 0.4) is 0 Å². The summed E-state index contributed by atoms with van der Waals surface area (Å²) >= 11 is 6.01. The molecule has 2 N–H and O–H groups in total. The first kappa shape index (κ1) is 20.3. The van der Waals surface area contributed by atoms with Crippen LogP contribution in [0.1, 0.15) is 22.8 Å². The Morgan fingerprint density at radius 1 is 1.00 bits per heavy atom. The predicted octanol–water partition coefficient (Wildman–Crippen LogP) is 3.38. The maximum absolute atomic E-state index is 12.0. The zero-order valence-corrected chi connectivity index (χ0v) is 15.4. The molecule has 0 radical (unpaired) electrons. The van der Waals surface area contributed by atoms with Crippen LogP contribution in [0.5, 0.6) is 0 Å². The van der Waals surface area contributed by atoms with E-state index in [-0.39, 0.29) is 18.7 Å². The molecule has 0 saturated heterocycles. The number of halogens is 1. The van der Waals surface area contributed by atoms with Gasteiger partial charge in [0.15, 0.2) is 6.61 Å². The summed E-state index contributed by atoms with van der Waals surface area (Å²) in [4.78, 5) is 35.1. The molecule has 8 heteroatoms. The van der Waals surface area contributed by atoms with E-state index in [4.69, 9.17) is 21.1 Å². The van der Waals surface area contributed by atoms with Crippen LogP contribution in [0.15, 0.2) is 48.5 Å². The van der Waals surface area contributed by atoms with Crippen LogP contribution in [-0.4, -0.2) is 31.2 Å². The van der Waals surface area contributed by atoms with Crippen LogP contribution >= 0.6 is 11.6 Å². The molecule has 0 unspecified atom stereocenters. The average Bonchev–Trinajstić information content (AvgIpc) is 2.66. The molecule has 2 amide bonds. The lowest BCUT2D eigenvalue weighted by atomic mass is 10.2. The third-order valence-electron chi connectivity index (χ3n) is 3.41. The van der Waals surface area contributed by atoms with Gasteiger partial charge in [-0.1, -0.05) is 29.8 Å². The lowest BCUT2D eigenvalue weighted by molar-refractivity contribution is -0.124. The molecule has 142 valence electrons. The van der Waals surface area contributed by atoms with E-state index in [1.165, 1.54) is 24.3 Å². The minimum absolute atomic E-state index is 0.240. The van der Waals surface area contributed by atoms with Gasteiger partial charge in [0.05, 0.1) is 12.2 Å². The second-order valence-electron chi connectivity index (χ2n) is 5.37. The van der Waals surface area contributed by atoms with Crippen LogP contribution in [0.2, 0.25) is 5.02 Å². The Morgan fingerprint density at radius 2 is 1.70 bits per heavy atom. The minimum atomic E-state index is -0.648. The maximum atomic E-state index is 12.0. The topological polar surface area (TPSA) is 93.7 Å². The second-order valence-corrected chi connectivity index (χ2v) is 5.77. The molecule has 0 heterocycles. The van der Waals surface area contributed by atoms with E-state index in [0.717, 1.165) is 5.56 Å². The van der Waals surface area contributed by atoms with Gasteiger partial charge in [0.2, 0.25) is 0 Å². The summed E-state index contributed by atoms with van der Waals surface area (Å²) in [6, 6.07) is 13.1. The van der Waals surface area contributed by atoms with Crippen molar-refractivity contribution in [3.8, 4) is 0 Å². The van der Waals surface area contributed by atoms with Crippen molar-refractivity contribution in [3.63, 3.8) is 0 Å². The van der Waals surface area contributed by atoms with Gasteiger partial charge in [-0.25, -0.2) is 9.59 Å². The molecule has 0 bridgehead atoms. The molecule has 0 saturated carbocycles. The number of esters is 1. The van der Waals surface area contributed by atoms with Crippen molar-refractivity contribution in [2.45, 2.75) is 13.5 Å². The average molecular weight is 391 g/mol. The Balaban J connectivity index is 1.78. The number of ether oxygens (including phenoxy) is 2. The van der Waals surface area contributed by atoms with Gasteiger partial charge in [0.1, 0.15) is 0 Å². The second kappa shape index (κ2) is 10.2. The third kappa shape index (κ3) is 6.63. The predicted molar refractivity (Wildman–Crippen MR) is 101 cm³/mol. The van der Waals surface area contributed by atoms with Crippen molar-refractivity contribution < 1.29 is 23.9 Å². The molecule has 0 fully saturated rings. The molecule has 0 spiro atoms. The van der Waals surface area contributed by atoms with Gasteiger partial charge in [0.25, 0.3) is 5.91 Å². The van der Waals surface area contributed by atoms with E-state index in [1.54, 1.807) is 25.1 Å². The Morgan fingerprint density at radius 3 is 2.37 bits per heavy atom. The molecule has 0 aliphatic carbocycles. The van der Waals surface area contributed by atoms with Gasteiger partial charge in [-0.15, -0.1) is 0 Å². The van der Waals surface area contributed by atoms with E-state index >= 15 is 0 Å². The number of anilines is 1. The van der Waals surface area contributed by atoms with Crippen LogP contribution in [0, 0.1) is 0 Å². The SMILES string of the molecule is CCOC(=O)Nc1ccc(C(=O)OCC(=O)NCc2ccccc2Cl)cc1. The number of amides is 2. The van der Waals surface area contributed by atoms with Crippen molar-refractivity contribution in [1.29, 1.82) is 0 Å². The summed E-state index contributed by atoms with van der Waals surface area (Å²) < 4.78 is 9.73. The monoisotopic (exact) mass is 390 g/mol. The smallest absolute Gasteiger partial charge is 0.411 e. The van der Waals surface area contributed by atoms with Crippen molar-refractivity contribution in [1.82, 2.24) is 5.32 Å². The van der Waals surface area contributed by atoms with Crippen molar-refractivity contribution in [2.75, 3.05) is 18.5 Å². The van der Waals surface area contributed by atoms with E-state index in [0.29, 0.717) is 10.7 Å². The highest BCUT2D eigenvalue weighted by atomic mass is 35.5. The number of rotatable bonds is 7. The molecule has 27 heavy (non-hydrogen) atoms. The Bertz CT molecular complexity index is 808. The van der Waals surface area contributed by atoms with Crippen LogP contribution in [-0.2, 0) is 20.8 Å². The molecule has 0 atom stereocenters. The summed E-state index contributed by atoms with van der Waals surface area (Å²) in [6.07, 6.45) is -0.581. The van der Waals surface area contributed by atoms with Crippen LogP contribution in [0.4, 0.5) is 10.5 Å². The number of hydrogen-bond donors (Lipinski definition) is 2. The first-order chi connectivity index (χ1) is 13.0. The molecule has 2 aromatic rings. The highest BCUT2D eigenvalue weighted by Gasteiger charge is 2.11. The van der Waals surface area contributed by atoms with Gasteiger partial charge in [0, 0.05) is 17.3 Å². The van der Waals surface area contributed by atoms with Crippen molar-refractivity contribution in [3.05, 3.63) is 64.7 Å². The van der Waals surface area contributed by atoms with Gasteiger partial charge in [-0.05, 0) is 42.8 Å². The Labute approximate surface area is 161 Å². The summed E-state index contributed by atoms with van der Waals surface area (Å²) in [7, 11) is 0. The van der Waals surface area contributed by atoms with E-state index in [1.807, 2.05) is 6.07 Å². The molecule has 0 aliphatic rings. The first-order valence-electron chi connectivity index (χ1n) is 8.20. The van der Waals surface area contributed by atoms with Crippen LogP contribution < -0.4 is 10.6 Å². The first-order valence-corrected chi connectivity index (χ1v) is 8.58. The number of carbonyl (C=O) groups excluding carboxylic acids is 3. The fraction of sp³-hybridized carbons (Fsp3) is 0.211. The number of benzene rings is 2. The van der Waals surface area contributed by atoms with Gasteiger partial charge in [-0.2, -0.15) is 0 Å². The summed E-state index contributed by atoms with van der Waals surface area (Å²) in [5, 5.41) is 5.68. The van der Waals surface area contributed by atoms with E-state index in [9.17, 15) is 14.4 Å². The standard InChI is InChI=1S/C19H19ClN2O5/c1-2-26-19(25)22-15-9-7-13(8-10-15)18(24)27-12-17(23)21-11-14-5-3-4-6-16(14)20/h3-10H,2,11-12H2,1H3,(H,21,23)(H,22,25). The minimum Gasteiger partial charge on any atom is -0.452 e. The number of hydrogen-bond acceptors (Lipinski definition) is 5. The largest absolute Gasteiger partial charge is 0.452 e. The lowest BCUT2D eigenvalue weighted by Gasteiger charge is -2.08. The normalized spacial score (nSPS) is 10.0. The Hall–Kier alpha value is -3.06. The molecule has 2 aromatic carbocycles. The van der Waals surface area contributed by atoms with E-state index < -0.39 is 24.6 Å². The molecule has 0 aliphatic heterocycles. The number of carbonyl (C=O) groups is 3. The van der Waals surface area contributed by atoms with Crippen molar-refractivity contribution in [2.24, 2.45) is 0 Å². The molecule has 7 nitrogen and oxygen atoms in total. The van der Waals surface area contributed by atoms with Gasteiger partial charge in [-0.3, -0.25) is 10.1 Å². The highest BCUT2D eigenvalue weighted by molar-refractivity contribution is 6.31. The summed E-state index contributed by atoms with van der Waals surface area (Å²) in [5.41, 5.74) is 1.49. The highest BCUT2D eigenvalue weighted by Crippen LogP contribution is 2.14. The zero-order chi connectivity index (χ0) is 19.6. The Kier molecular flexibility index (Phi) is 7.63. The van der Waals surface area contributed by atoms with Crippen LogP contribution in [0.25, 0.3) is 0 Å². The third-order valence-corrected chi connectivity index (χ3v) is 3.78. The molecule has 2 rings (SSSR count). The van der Waals surface area contributed by atoms with E-state index in [2.05, 4.69) is 10.6 Å². The molecular weight excluding hydrogens is 372 g/mol. The summed E-state index contributed by atoms with van der Waals surface area (Å²) in [6.45, 7) is 1.79. The molecule has 0 aromatic heterocycles.